The SMILES string of the molecule is C=C1[C@@H](O)CC[C@@]2(C)[C@H]1CCC1=C3CC[C@H]([C@H](C)CC[C@@H](C)C(C)C)[C@@]3(C)CC[C@@H]12. The number of fused-ring (bicyclic) bond motifs is 4. The number of hydrogen-bond acceptors (Lipinski definition) is 1. The highest BCUT2D eigenvalue weighted by Gasteiger charge is 2.56. The van der Waals surface area contributed by atoms with Crippen LogP contribution in [0.25, 0.3) is 0 Å². The van der Waals surface area contributed by atoms with E-state index < -0.39 is 0 Å². The van der Waals surface area contributed by atoms with Gasteiger partial charge in [-0.1, -0.05) is 72.1 Å². The summed E-state index contributed by atoms with van der Waals surface area (Å²) in [5.74, 6) is 4.67. The second-order valence-corrected chi connectivity index (χ2v) is 12.7. The topological polar surface area (TPSA) is 20.2 Å². The third-order valence-corrected chi connectivity index (χ3v) is 11.0. The molecule has 0 saturated heterocycles. The Kier molecular flexibility index (Phi) is 6.10. The lowest BCUT2D eigenvalue weighted by atomic mass is 9.48. The van der Waals surface area contributed by atoms with Gasteiger partial charge in [-0.15, -0.1) is 0 Å². The summed E-state index contributed by atoms with van der Waals surface area (Å²) in [6, 6.07) is 0. The molecule has 0 amide bonds. The van der Waals surface area contributed by atoms with Crippen LogP contribution in [0.15, 0.2) is 23.3 Å². The van der Waals surface area contributed by atoms with Crippen molar-refractivity contribution in [1.82, 2.24) is 0 Å². The highest BCUT2D eigenvalue weighted by molar-refractivity contribution is 5.36. The Morgan fingerprint density at radius 1 is 0.933 bits per heavy atom. The Morgan fingerprint density at radius 3 is 2.37 bits per heavy atom. The van der Waals surface area contributed by atoms with E-state index in [1.54, 1.807) is 0 Å². The van der Waals surface area contributed by atoms with E-state index in [4.69, 9.17) is 0 Å². The fourth-order valence-electron chi connectivity index (χ4n) is 8.54. The number of hydrogen-bond donors (Lipinski definition) is 1. The van der Waals surface area contributed by atoms with Gasteiger partial charge in [-0.3, -0.25) is 0 Å². The van der Waals surface area contributed by atoms with Crippen molar-refractivity contribution in [3.8, 4) is 0 Å². The zero-order valence-corrected chi connectivity index (χ0v) is 20.8. The maximum Gasteiger partial charge on any atom is 0.0750 e. The average molecular weight is 413 g/mol. The lowest BCUT2D eigenvalue weighted by Crippen LogP contribution is -2.49. The van der Waals surface area contributed by atoms with Crippen molar-refractivity contribution in [3.05, 3.63) is 23.3 Å². The summed E-state index contributed by atoms with van der Waals surface area (Å²) in [5, 5.41) is 10.4. The van der Waals surface area contributed by atoms with Crippen LogP contribution >= 0.6 is 0 Å². The Labute approximate surface area is 186 Å². The van der Waals surface area contributed by atoms with Gasteiger partial charge in [0.25, 0.3) is 0 Å². The molecule has 4 aliphatic rings. The highest BCUT2D eigenvalue weighted by atomic mass is 16.3. The predicted octanol–water partition coefficient (Wildman–Crippen LogP) is 7.94. The third-order valence-electron chi connectivity index (χ3n) is 11.0. The van der Waals surface area contributed by atoms with Crippen LogP contribution in [0, 0.1) is 46.3 Å². The summed E-state index contributed by atoms with van der Waals surface area (Å²) in [4.78, 5) is 0. The molecule has 0 bridgehead atoms. The molecule has 170 valence electrons. The second kappa shape index (κ2) is 8.09. The predicted molar refractivity (Wildman–Crippen MR) is 128 cm³/mol. The summed E-state index contributed by atoms with van der Waals surface area (Å²) in [6.07, 6.45) is 12.7. The zero-order valence-electron chi connectivity index (χ0n) is 20.8. The standard InChI is InChI=1S/C29H48O/c1-18(2)19(3)8-9-20(4)23-12-13-25-22-10-11-24-21(5)27(30)15-17-29(24,7)26(22)14-16-28(23,25)6/h18-20,23-24,26-27,30H,5,8-17H2,1-4,6-7H3/t19-,20-,23-,24+,26+,27+,28-,29+/m1/s1. The van der Waals surface area contributed by atoms with Crippen LogP contribution in [0.4, 0.5) is 0 Å². The Hall–Kier alpha value is -0.560. The lowest BCUT2D eigenvalue weighted by molar-refractivity contribution is 0.00282. The van der Waals surface area contributed by atoms with E-state index in [1.807, 2.05) is 11.1 Å². The lowest BCUT2D eigenvalue weighted by Gasteiger charge is -2.57. The number of rotatable bonds is 5. The van der Waals surface area contributed by atoms with Crippen molar-refractivity contribution in [2.24, 2.45) is 46.3 Å². The van der Waals surface area contributed by atoms with Crippen LogP contribution in [-0.2, 0) is 0 Å². The molecule has 3 saturated carbocycles. The van der Waals surface area contributed by atoms with Gasteiger partial charge in [-0.25, -0.2) is 0 Å². The molecule has 0 aromatic heterocycles. The van der Waals surface area contributed by atoms with Crippen LogP contribution < -0.4 is 0 Å². The Balaban J connectivity index is 1.55. The van der Waals surface area contributed by atoms with Gasteiger partial charge < -0.3 is 5.11 Å². The third kappa shape index (κ3) is 3.46. The van der Waals surface area contributed by atoms with Crippen LogP contribution in [-0.4, -0.2) is 11.2 Å². The molecule has 8 atom stereocenters. The van der Waals surface area contributed by atoms with Gasteiger partial charge in [0.1, 0.15) is 0 Å². The van der Waals surface area contributed by atoms with Crippen molar-refractivity contribution in [1.29, 1.82) is 0 Å². The molecule has 30 heavy (non-hydrogen) atoms. The first-order valence-electron chi connectivity index (χ1n) is 13.2. The van der Waals surface area contributed by atoms with Crippen LogP contribution in [0.3, 0.4) is 0 Å². The average Bonchev–Trinajstić information content (AvgIpc) is 3.06. The van der Waals surface area contributed by atoms with Gasteiger partial charge in [0.2, 0.25) is 0 Å². The molecule has 0 aromatic rings. The maximum absolute atomic E-state index is 10.4. The Morgan fingerprint density at radius 2 is 1.67 bits per heavy atom. The van der Waals surface area contributed by atoms with Gasteiger partial charge in [-0.2, -0.15) is 0 Å². The van der Waals surface area contributed by atoms with E-state index >= 15 is 0 Å². The largest absolute Gasteiger partial charge is 0.389 e. The normalized spacial score (nSPS) is 43.3. The maximum atomic E-state index is 10.4. The molecule has 0 spiro atoms. The number of aliphatic hydroxyl groups excluding tert-OH is 1. The van der Waals surface area contributed by atoms with Crippen molar-refractivity contribution >= 4 is 0 Å². The summed E-state index contributed by atoms with van der Waals surface area (Å²) < 4.78 is 0. The first-order chi connectivity index (χ1) is 14.1. The highest BCUT2D eigenvalue weighted by Crippen LogP contribution is 2.66. The van der Waals surface area contributed by atoms with E-state index in [0.717, 1.165) is 41.6 Å². The van der Waals surface area contributed by atoms with Crippen molar-refractivity contribution in [3.63, 3.8) is 0 Å². The van der Waals surface area contributed by atoms with Crippen LogP contribution in [0.2, 0.25) is 0 Å². The van der Waals surface area contributed by atoms with E-state index in [-0.39, 0.29) is 6.10 Å². The number of allylic oxidation sites excluding steroid dienone is 2. The number of aliphatic hydroxyl groups is 1. The van der Waals surface area contributed by atoms with Gasteiger partial charge in [0.15, 0.2) is 0 Å². The van der Waals surface area contributed by atoms with Crippen molar-refractivity contribution in [2.45, 2.75) is 112 Å². The molecule has 0 aromatic carbocycles. The minimum Gasteiger partial charge on any atom is -0.389 e. The van der Waals surface area contributed by atoms with Crippen molar-refractivity contribution < 1.29 is 5.11 Å². The first kappa shape index (κ1) is 22.6. The van der Waals surface area contributed by atoms with E-state index in [1.165, 1.54) is 57.8 Å². The summed E-state index contributed by atoms with van der Waals surface area (Å²) >= 11 is 0. The van der Waals surface area contributed by atoms with Crippen LogP contribution in [0.5, 0.6) is 0 Å². The molecule has 0 radical (unpaired) electrons. The fourth-order valence-corrected chi connectivity index (χ4v) is 8.54. The summed E-state index contributed by atoms with van der Waals surface area (Å²) in [6.45, 7) is 19.3. The molecule has 4 rings (SSSR count). The minimum atomic E-state index is -0.254. The monoisotopic (exact) mass is 412 g/mol. The first-order valence-corrected chi connectivity index (χ1v) is 13.2. The second-order valence-electron chi connectivity index (χ2n) is 12.7. The minimum absolute atomic E-state index is 0.254. The quantitative estimate of drug-likeness (QED) is 0.454. The zero-order chi connectivity index (χ0) is 21.8. The molecule has 1 N–H and O–H groups in total. The molecule has 1 heteroatoms. The van der Waals surface area contributed by atoms with E-state index in [0.29, 0.717) is 16.7 Å². The van der Waals surface area contributed by atoms with Gasteiger partial charge in [-0.05, 0) is 103 Å². The van der Waals surface area contributed by atoms with Crippen molar-refractivity contribution in [2.75, 3.05) is 0 Å². The van der Waals surface area contributed by atoms with Gasteiger partial charge >= 0.3 is 0 Å². The van der Waals surface area contributed by atoms with E-state index in [2.05, 4.69) is 48.1 Å². The molecule has 1 nitrogen and oxygen atoms in total. The summed E-state index contributed by atoms with van der Waals surface area (Å²) in [5.41, 5.74) is 5.72. The van der Waals surface area contributed by atoms with E-state index in [9.17, 15) is 5.11 Å². The van der Waals surface area contributed by atoms with Gasteiger partial charge in [0.05, 0.1) is 6.10 Å². The summed E-state index contributed by atoms with van der Waals surface area (Å²) in [7, 11) is 0. The fraction of sp³-hybridized carbons (Fsp3) is 0.862. The Bertz CT molecular complexity index is 701. The molecule has 0 aliphatic heterocycles. The molecule has 4 aliphatic carbocycles. The molecular weight excluding hydrogens is 364 g/mol. The van der Waals surface area contributed by atoms with Crippen LogP contribution in [0.1, 0.15) is 106 Å². The molecular formula is C29H48O. The smallest absolute Gasteiger partial charge is 0.0750 e. The molecule has 3 fully saturated rings. The van der Waals surface area contributed by atoms with Gasteiger partial charge in [0, 0.05) is 0 Å². The molecule has 0 heterocycles. The molecule has 0 unspecified atom stereocenters.